The largest absolute Gasteiger partial charge is 0.313 e. The van der Waals surface area contributed by atoms with E-state index in [1.165, 1.54) is 24.0 Å². The summed E-state index contributed by atoms with van der Waals surface area (Å²) in [5, 5.41) is 3.67. The monoisotopic (exact) mass is 251 g/mol. The van der Waals surface area contributed by atoms with Gasteiger partial charge in [0.1, 0.15) is 0 Å². The van der Waals surface area contributed by atoms with Gasteiger partial charge in [-0.1, -0.05) is 60.7 Å². The highest BCUT2D eigenvalue weighted by Gasteiger charge is 2.37. The van der Waals surface area contributed by atoms with E-state index in [-0.39, 0.29) is 5.41 Å². The first-order valence-corrected chi connectivity index (χ1v) is 7.16. The van der Waals surface area contributed by atoms with Crippen LogP contribution in [0.1, 0.15) is 30.9 Å². The third-order valence-corrected chi connectivity index (χ3v) is 4.41. The van der Waals surface area contributed by atoms with E-state index in [4.69, 9.17) is 0 Å². The van der Waals surface area contributed by atoms with E-state index in [9.17, 15) is 0 Å². The summed E-state index contributed by atoms with van der Waals surface area (Å²) in [6, 6.07) is 22.5. The molecule has 1 N–H and O–H groups in total. The average Bonchev–Trinajstić information content (AvgIpc) is 2.50. The second-order valence-electron chi connectivity index (χ2n) is 5.63. The molecule has 1 saturated heterocycles. The van der Waals surface area contributed by atoms with Crippen molar-refractivity contribution in [1.29, 1.82) is 0 Å². The van der Waals surface area contributed by atoms with E-state index in [2.05, 4.69) is 72.9 Å². The Morgan fingerprint density at radius 3 is 1.84 bits per heavy atom. The van der Waals surface area contributed by atoms with Gasteiger partial charge in [-0.2, -0.15) is 0 Å². The van der Waals surface area contributed by atoms with Crippen LogP contribution in [-0.2, 0) is 5.41 Å². The standard InChI is InChI=1S/C18H21N/c1-15-12-13-18(14-19-15,16-8-4-2-5-9-16)17-10-6-3-7-11-17/h2-11,15,19H,12-14H2,1H3/t15-/m0/s1. The van der Waals surface area contributed by atoms with Crippen LogP contribution in [0.2, 0.25) is 0 Å². The van der Waals surface area contributed by atoms with Gasteiger partial charge in [0.25, 0.3) is 0 Å². The lowest BCUT2D eigenvalue weighted by molar-refractivity contribution is 0.313. The van der Waals surface area contributed by atoms with Crippen LogP contribution < -0.4 is 5.32 Å². The smallest absolute Gasteiger partial charge is 0.0327 e. The van der Waals surface area contributed by atoms with Crippen LogP contribution in [0.25, 0.3) is 0 Å². The molecule has 0 amide bonds. The minimum Gasteiger partial charge on any atom is -0.313 e. The number of rotatable bonds is 2. The Balaban J connectivity index is 2.06. The zero-order chi connectivity index (χ0) is 13.1. The molecule has 1 heterocycles. The fraction of sp³-hybridized carbons (Fsp3) is 0.333. The third-order valence-electron chi connectivity index (χ3n) is 4.41. The summed E-state index contributed by atoms with van der Waals surface area (Å²) in [6.45, 7) is 3.31. The van der Waals surface area contributed by atoms with Gasteiger partial charge in [-0.3, -0.25) is 0 Å². The fourth-order valence-electron chi connectivity index (χ4n) is 3.18. The Kier molecular flexibility index (Phi) is 3.39. The van der Waals surface area contributed by atoms with Crippen molar-refractivity contribution in [3.8, 4) is 0 Å². The summed E-state index contributed by atoms with van der Waals surface area (Å²) >= 11 is 0. The molecular formula is C18H21N. The highest BCUT2D eigenvalue weighted by molar-refractivity contribution is 5.40. The normalized spacial score (nSPS) is 22.1. The van der Waals surface area contributed by atoms with E-state index in [1.54, 1.807) is 0 Å². The highest BCUT2D eigenvalue weighted by Crippen LogP contribution is 2.38. The van der Waals surface area contributed by atoms with Crippen LogP contribution >= 0.6 is 0 Å². The van der Waals surface area contributed by atoms with E-state index in [1.807, 2.05) is 0 Å². The van der Waals surface area contributed by atoms with Crippen molar-refractivity contribution in [1.82, 2.24) is 5.32 Å². The van der Waals surface area contributed by atoms with Crippen LogP contribution in [0, 0.1) is 0 Å². The molecule has 0 spiro atoms. The highest BCUT2D eigenvalue weighted by atomic mass is 14.9. The average molecular weight is 251 g/mol. The van der Waals surface area contributed by atoms with Crippen LogP contribution in [0.3, 0.4) is 0 Å². The predicted octanol–water partition coefficient (Wildman–Crippen LogP) is 3.74. The quantitative estimate of drug-likeness (QED) is 0.857. The Morgan fingerprint density at radius 1 is 0.895 bits per heavy atom. The topological polar surface area (TPSA) is 12.0 Å². The van der Waals surface area contributed by atoms with E-state index in [0.29, 0.717) is 6.04 Å². The van der Waals surface area contributed by atoms with Gasteiger partial charge in [-0.25, -0.2) is 0 Å². The van der Waals surface area contributed by atoms with Crippen LogP contribution in [0.4, 0.5) is 0 Å². The van der Waals surface area contributed by atoms with Gasteiger partial charge in [0.2, 0.25) is 0 Å². The maximum Gasteiger partial charge on any atom is 0.0327 e. The summed E-state index contributed by atoms with van der Waals surface area (Å²) in [4.78, 5) is 0. The van der Waals surface area contributed by atoms with Crippen molar-refractivity contribution in [3.63, 3.8) is 0 Å². The van der Waals surface area contributed by atoms with E-state index in [0.717, 1.165) is 6.54 Å². The summed E-state index contributed by atoms with van der Waals surface area (Å²) in [5.74, 6) is 0. The molecule has 1 atom stereocenters. The van der Waals surface area contributed by atoms with Crippen molar-refractivity contribution in [2.75, 3.05) is 6.54 Å². The number of hydrogen-bond acceptors (Lipinski definition) is 1. The molecule has 2 aromatic rings. The Labute approximate surface area is 115 Å². The molecule has 2 aromatic carbocycles. The van der Waals surface area contributed by atoms with Gasteiger partial charge in [-0.05, 0) is 30.9 Å². The lowest BCUT2D eigenvalue weighted by Gasteiger charge is -2.41. The number of piperidine rings is 1. The molecule has 1 nitrogen and oxygen atoms in total. The minimum atomic E-state index is 0.134. The number of benzene rings is 2. The molecule has 1 aliphatic rings. The first kappa shape index (κ1) is 12.4. The molecule has 19 heavy (non-hydrogen) atoms. The molecule has 0 bridgehead atoms. The molecule has 0 aliphatic carbocycles. The maximum absolute atomic E-state index is 3.67. The SMILES string of the molecule is C[C@H]1CCC(c2ccccc2)(c2ccccc2)CN1. The zero-order valence-corrected chi connectivity index (χ0v) is 11.5. The number of nitrogens with one attached hydrogen (secondary N) is 1. The fourth-order valence-corrected chi connectivity index (χ4v) is 3.18. The Bertz CT molecular complexity index is 468. The van der Waals surface area contributed by atoms with Crippen molar-refractivity contribution in [3.05, 3.63) is 71.8 Å². The molecule has 1 fully saturated rings. The van der Waals surface area contributed by atoms with E-state index < -0.39 is 0 Å². The van der Waals surface area contributed by atoms with Gasteiger partial charge in [0, 0.05) is 18.0 Å². The van der Waals surface area contributed by atoms with Gasteiger partial charge in [0.05, 0.1) is 0 Å². The lowest BCUT2D eigenvalue weighted by Crippen LogP contribution is -2.48. The van der Waals surface area contributed by atoms with Crippen LogP contribution in [-0.4, -0.2) is 12.6 Å². The minimum absolute atomic E-state index is 0.134. The summed E-state index contributed by atoms with van der Waals surface area (Å²) in [6.07, 6.45) is 2.44. The first-order valence-electron chi connectivity index (χ1n) is 7.16. The van der Waals surface area contributed by atoms with E-state index >= 15 is 0 Å². The Hall–Kier alpha value is -1.60. The van der Waals surface area contributed by atoms with Crippen molar-refractivity contribution >= 4 is 0 Å². The van der Waals surface area contributed by atoms with Gasteiger partial charge in [-0.15, -0.1) is 0 Å². The van der Waals surface area contributed by atoms with Gasteiger partial charge >= 0.3 is 0 Å². The molecule has 1 aliphatic heterocycles. The zero-order valence-electron chi connectivity index (χ0n) is 11.5. The van der Waals surface area contributed by atoms with Crippen molar-refractivity contribution in [2.24, 2.45) is 0 Å². The molecule has 98 valence electrons. The maximum atomic E-state index is 3.67. The summed E-state index contributed by atoms with van der Waals surface area (Å²) in [7, 11) is 0. The van der Waals surface area contributed by atoms with Crippen LogP contribution in [0.15, 0.2) is 60.7 Å². The number of hydrogen-bond donors (Lipinski definition) is 1. The molecule has 0 radical (unpaired) electrons. The van der Waals surface area contributed by atoms with Gasteiger partial charge in [0.15, 0.2) is 0 Å². The molecule has 3 rings (SSSR count). The molecular weight excluding hydrogens is 230 g/mol. The first-order chi connectivity index (χ1) is 9.31. The summed E-state index contributed by atoms with van der Waals surface area (Å²) in [5.41, 5.74) is 3.00. The predicted molar refractivity (Wildman–Crippen MR) is 80.4 cm³/mol. The molecule has 0 saturated carbocycles. The summed E-state index contributed by atoms with van der Waals surface area (Å²) < 4.78 is 0. The third kappa shape index (κ3) is 2.31. The molecule has 0 unspecified atom stereocenters. The second kappa shape index (κ2) is 5.18. The Morgan fingerprint density at radius 2 is 1.42 bits per heavy atom. The second-order valence-corrected chi connectivity index (χ2v) is 5.63. The lowest BCUT2D eigenvalue weighted by atomic mass is 9.69. The van der Waals surface area contributed by atoms with Crippen LogP contribution in [0.5, 0.6) is 0 Å². The molecule has 1 heteroatoms. The molecule has 0 aromatic heterocycles. The van der Waals surface area contributed by atoms with Crippen molar-refractivity contribution in [2.45, 2.75) is 31.2 Å². The van der Waals surface area contributed by atoms with Gasteiger partial charge < -0.3 is 5.32 Å². The van der Waals surface area contributed by atoms with Crippen molar-refractivity contribution < 1.29 is 0 Å².